The Morgan fingerprint density at radius 3 is 2.74 bits per heavy atom. The number of aryl methyl sites for hydroxylation is 2. The highest BCUT2D eigenvalue weighted by atomic mass is 16.2. The van der Waals surface area contributed by atoms with Crippen LogP contribution in [0.2, 0.25) is 0 Å². The van der Waals surface area contributed by atoms with Crippen molar-refractivity contribution in [3.8, 4) is 0 Å². The zero-order chi connectivity index (χ0) is 16.4. The highest BCUT2D eigenvalue weighted by molar-refractivity contribution is 6.03. The van der Waals surface area contributed by atoms with E-state index in [0.717, 1.165) is 16.8 Å². The van der Waals surface area contributed by atoms with E-state index in [9.17, 15) is 9.59 Å². The number of benzene rings is 1. The summed E-state index contributed by atoms with van der Waals surface area (Å²) in [4.78, 5) is 34.3. The Morgan fingerprint density at radius 2 is 2.00 bits per heavy atom. The van der Waals surface area contributed by atoms with Gasteiger partial charge >= 0.3 is 0 Å². The fourth-order valence-corrected chi connectivity index (χ4v) is 2.70. The van der Waals surface area contributed by atoms with E-state index in [1.54, 1.807) is 23.4 Å². The summed E-state index contributed by atoms with van der Waals surface area (Å²) < 4.78 is 0. The van der Waals surface area contributed by atoms with Gasteiger partial charge in [-0.05, 0) is 37.1 Å². The molecule has 1 unspecified atom stereocenters. The van der Waals surface area contributed by atoms with Gasteiger partial charge in [0, 0.05) is 31.0 Å². The number of amides is 2. The van der Waals surface area contributed by atoms with E-state index in [4.69, 9.17) is 0 Å². The standard InChI is InChI=1S/C17H18N4O2/c1-11-4-5-12(2)14(8-11)21-10-13(9-15(21)22)16(23)20-17-18-6-3-7-19-17/h3-8,13H,9-10H2,1-2H3,(H,18,19,20,23). The molecule has 1 atom stereocenters. The predicted molar refractivity (Wildman–Crippen MR) is 87.0 cm³/mol. The topological polar surface area (TPSA) is 75.2 Å². The van der Waals surface area contributed by atoms with Crippen molar-refractivity contribution in [2.45, 2.75) is 20.3 Å². The molecular formula is C17H18N4O2. The molecule has 0 saturated carbocycles. The Labute approximate surface area is 134 Å². The highest BCUT2D eigenvalue weighted by Crippen LogP contribution is 2.29. The first kappa shape index (κ1) is 15.1. The van der Waals surface area contributed by atoms with E-state index in [1.807, 2.05) is 32.0 Å². The third-order valence-electron chi connectivity index (χ3n) is 3.95. The summed E-state index contributed by atoms with van der Waals surface area (Å²) in [5.74, 6) is -0.397. The van der Waals surface area contributed by atoms with Crippen LogP contribution in [0.1, 0.15) is 17.5 Å². The second-order valence-electron chi connectivity index (χ2n) is 5.76. The summed E-state index contributed by atoms with van der Waals surface area (Å²) in [5, 5.41) is 2.66. The zero-order valence-corrected chi connectivity index (χ0v) is 13.1. The molecule has 118 valence electrons. The number of hydrogen-bond donors (Lipinski definition) is 1. The normalized spacial score (nSPS) is 17.4. The average Bonchev–Trinajstić information content (AvgIpc) is 2.92. The summed E-state index contributed by atoms with van der Waals surface area (Å²) in [6.45, 7) is 4.33. The monoisotopic (exact) mass is 310 g/mol. The number of rotatable bonds is 3. The van der Waals surface area contributed by atoms with Crippen molar-refractivity contribution in [2.75, 3.05) is 16.8 Å². The fourth-order valence-electron chi connectivity index (χ4n) is 2.70. The minimum absolute atomic E-state index is 0.0344. The first-order valence-electron chi connectivity index (χ1n) is 7.50. The van der Waals surface area contributed by atoms with Crippen LogP contribution in [0.15, 0.2) is 36.7 Å². The maximum Gasteiger partial charge on any atom is 0.232 e. The number of nitrogens with zero attached hydrogens (tertiary/aromatic N) is 3. The molecule has 1 aliphatic heterocycles. The fraction of sp³-hybridized carbons (Fsp3) is 0.294. The van der Waals surface area contributed by atoms with Gasteiger partial charge in [0.1, 0.15) is 0 Å². The van der Waals surface area contributed by atoms with Crippen LogP contribution >= 0.6 is 0 Å². The third kappa shape index (κ3) is 3.21. The summed E-state index contributed by atoms with van der Waals surface area (Å²) in [7, 11) is 0. The number of aromatic nitrogens is 2. The van der Waals surface area contributed by atoms with Crippen molar-refractivity contribution in [3.63, 3.8) is 0 Å². The van der Waals surface area contributed by atoms with Crippen LogP contribution in [0.4, 0.5) is 11.6 Å². The zero-order valence-electron chi connectivity index (χ0n) is 13.1. The van der Waals surface area contributed by atoms with Gasteiger partial charge in [-0.15, -0.1) is 0 Å². The van der Waals surface area contributed by atoms with E-state index >= 15 is 0 Å². The molecule has 0 radical (unpaired) electrons. The van der Waals surface area contributed by atoms with Crippen molar-refractivity contribution in [3.05, 3.63) is 47.8 Å². The highest BCUT2D eigenvalue weighted by Gasteiger charge is 2.35. The molecule has 6 heteroatoms. The lowest BCUT2D eigenvalue weighted by Crippen LogP contribution is -2.29. The average molecular weight is 310 g/mol. The van der Waals surface area contributed by atoms with Gasteiger partial charge in [-0.2, -0.15) is 0 Å². The molecular weight excluding hydrogens is 292 g/mol. The summed E-state index contributed by atoms with van der Waals surface area (Å²) in [5.41, 5.74) is 2.99. The first-order valence-corrected chi connectivity index (χ1v) is 7.50. The Balaban J connectivity index is 1.74. The van der Waals surface area contributed by atoms with Gasteiger partial charge in [0.25, 0.3) is 0 Å². The van der Waals surface area contributed by atoms with Gasteiger partial charge in [0.2, 0.25) is 17.8 Å². The lowest BCUT2D eigenvalue weighted by atomic mass is 10.1. The number of carbonyl (C=O) groups excluding carboxylic acids is 2. The van der Waals surface area contributed by atoms with Crippen molar-refractivity contribution >= 4 is 23.5 Å². The minimum Gasteiger partial charge on any atom is -0.311 e. The quantitative estimate of drug-likeness (QED) is 0.942. The van der Waals surface area contributed by atoms with Gasteiger partial charge in [-0.25, -0.2) is 9.97 Å². The predicted octanol–water partition coefficient (Wildman–Crippen LogP) is 2.09. The van der Waals surface area contributed by atoms with Crippen molar-refractivity contribution in [2.24, 2.45) is 5.92 Å². The van der Waals surface area contributed by atoms with Crippen LogP contribution in [-0.2, 0) is 9.59 Å². The number of carbonyl (C=O) groups is 2. The first-order chi connectivity index (χ1) is 11.0. The van der Waals surface area contributed by atoms with Gasteiger partial charge < -0.3 is 4.90 Å². The maximum atomic E-state index is 12.3. The lowest BCUT2D eigenvalue weighted by Gasteiger charge is -2.19. The molecule has 0 aliphatic carbocycles. The van der Waals surface area contributed by atoms with E-state index in [2.05, 4.69) is 15.3 Å². The molecule has 0 bridgehead atoms. The molecule has 0 spiro atoms. The molecule has 2 heterocycles. The van der Waals surface area contributed by atoms with E-state index in [1.165, 1.54) is 0 Å². The van der Waals surface area contributed by atoms with Crippen molar-refractivity contribution in [1.29, 1.82) is 0 Å². The Morgan fingerprint density at radius 1 is 1.26 bits per heavy atom. The lowest BCUT2D eigenvalue weighted by molar-refractivity contribution is -0.122. The largest absolute Gasteiger partial charge is 0.311 e. The molecule has 1 N–H and O–H groups in total. The van der Waals surface area contributed by atoms with Crippen LogP contribution in [0.3, 0.4) is 0 Å². The number of nitrogens with one attached hydrogen (secondary N) is 1. The molecule has 3 rings (SSSR count). The molecule has 1 aliphatic rings. The minimum atomic E-state index is -0.397. The van der Waals surface area contributed by atoms with Crippen LogP contribution in [0.5, 0.6) is 0 Å². The van der Waals surface area contributed by atoms with Crippen LogP contribution < -0.4 is 10.2 Å². The summed E-state index contributed by atoms with van der Waals surface area (Å²) in [6, 6.07) is 7.66. The number of hydrogen-bond acceptors (Lipinski definition) is 4. The maximum absolute atomic E-state index is 12.3. The molecule has 2 aromatic rings. The Kier molecular flexibility index (Phi) is 4.06. The van der Waals surface area contributed by atoms with E-state index < -0.39 is 5.92 Å². The van der Waals surface area contributed by atoms with Gasteiger partial charge in [0.15, 0.2) is 0 Å². The summed E-state index contributed by atoms with van der Waals surface area (Å²) >= 11 is 0. The molecule has 1 aromatic carbocycles. The van der Waals surface area contributed by atoms with E-state index in [-0.39, 0.29) is 24.2 Å². The van der Waals surface area contributed by atoms with Gasteiger partial charge in [0.05, 0.1) is 5.92 Å². The molecule has 2 amide bonds. The Bertz CT molecular complexity index is 746. The Hall–Kier alpha value is -2.76. The molecule has 6 nitrogen and oxygen atoms in total. The molecule has 1 aromatic heterocycles. The smallest absolute Gasteiger partial charge is 0.232 e. The van der Waals surface area contributed by atoms with Crippen molar-refractivity contribution in [1.82, 2.24) is 9.97 Å². The molecule has 23 heavy (non-hydrogen) atoms. The number of anilines is 2. The van der Waals surface area contributed by atoms with Crippen molar-refractivity contribution < 1.29 is 9.59 Å². The third-order valence-corrected chi connectivity index (χ3v) is 3.95. The summed E-state index contributed by atoms with van der Waals surface area (Å²) in [6.07, 6.45) is 3.32. The van der Waals surface area contributed by atoms with Gasteiger partial charge in [-0.1, -0.05) is 12.1 Å². The van der Waals surface area contributed by atoms with E-state index in [0.29, 0.717) is 6.54 Å². The van der Waals surface area contributed by atoms with Crippen LogP contribution in [0.25, 0.3) is 0 Å². The second-order valence-corrected chi connectivity index (χ2v) is 5.76. The second kappa shape index (κ2) is 6.16. The molecule has 1 saturated heterocycles. The SMILES string of the molecule is Cc1ccc(C)c(N2CC(C(=O)Nc3ncccn3)CC2=O)c1. The van der Waals surface area contributed by atoms with Crippen LogP contribution in [0, 0.1) is 19.8 Å². The van der Waals surface area contributed by atoms with Crippen LogP contribution in [-0.4, -0.2) is 28.3 Å². The van der Waals surface area contributed by atoms with Gasteiger partial charge in [-0.3, -0.25) is 14.9 Å². The molecule has 1 fully saturated rings.